The number of benzene rings is 1. The molecule has 27 heavy (non-hydrogen) atoms. The van der Waals surface area contributed by atoms with Crippen molar-refractivity contribution in [3.05, 3.63) is 53.1 Å². The lowest BCUT2D eigenvalue weighted by Crippen LogP contribution is -2.48. The molecular weight excluding hydrogens is 407 g/mol. The first-order valence-electron chi connectivity index (χ1n) is 8.83. The summed E-state index contributed by atoms with van der Waals surface area (Å²) in [5.74, 6) is 1.55. The maximum absolute atomic E-state index is 12.9. The molecule has 1 saturated heterocycles. The topological polar surface area (TPSA) is 50.2 Å². The predicted octanol–water partition coefficient (Wildman–Crippen LogP) is 4.07. The molecule has 2 heterocycles. The summed E-state index contributed by atoms with van der Waals surface area (Å²) >= 11 is 6.13. The van der Waals surface area contributed by atoms with Gasteiger partial charge in [0, 0.05) is 55.9 Å². The molecule has 1 atom stereocenters. The molecular formula is C19H27Cl3N4O. The SMILES string of the molecule is CC(C)c1nccn1CCC(=O)N1CCNCC1c1cccc(Cl)c1.Cl.Cl. The molecule has 1 aromatic heterocycles. The van der Waals surface area contributed by atoms with Gasteiger partial charge in [0.25, 0.3) is 0 Å². The Bertz CT molecular complexity index is 735. The Morgan fingerprint density at radius 2 is 2.15 bits per heavy atom. The molecule has 1 aliphatic heterocycles. The number of hydrogen-bond acceptors (Lipinski definition) is 3. The van der Waals surface area contributed by atoms with Crippen LogP contribution < -0.4 is 5.32 Å². The predicted molar refractivity (Wildman–Crippen MR) is 114 cm³/mol. The van der Waals surface area contributed by atoms with E-state index in [1.165, 1.54) is 0 Å². The number of hydrogen-bond donors (Lipinski definition) is 1. The molecule has 0 radical (unpaired) electrons. The van der Waals surface area contributed by atoms with Gasteiger partial charge in [0.05, 0.1) is 6.04 Å². The van der Waals surface area contributed by atoms with Gasteiger partial charge in [-0.25, -0.2) is 4.98 Å². The summed E-state index contributed by atoms with van der Waals surface area (Å²) in [6.45, 7) is 7.20. The van der Waals surface area contributed by atoms with Crippen molar-refractivity contribution in [2.24, 2.45) is 0 Å². The van der Waals surface area contributed by atoms with Gasteiger partial charge < -0.3 is 14.8 Å². The maximum Gasteiger partial charge on any atom is 0.224 e. The Hall–Kier alpha value is -1.27. The number of aromatic nitrogens is 2. The molecule has 150 valence electrons. The van der Waals surface area contributed by atoms with Gasteiger partial charge in [-0.2, -0.15) is 0 Å². The number of piperazine rings is 1. The molecule has 2 aromatic rings. The van der Waals surface area contributed by atoms with E-state index in [9.17, 15) is 4.79 Å². The van der Waals surface area contributed by atoms with Crippen LogP contribution in [0, 0.1) is 0 Å². The van der Waals surface area contributed by atoms with Crippen LogP contribution in [0.25, 0.3) is 0 Å². The highest BCUT2D eigenvalue weighted by atomic mass is 35.5. The lowest BCUT2D eigenvalue weighted by atomic mass is 10.0. The lowest BCUT2D eigenvalue weighted by Gasteiger charge is -2.37. The van der Waals surface area contributed by atoms with Gasteiger partial charge in [-0.05, 0) is 17.7 Å². The summed E-state index contributed by atoms with van der Waals surface area (Å²) in [6.07, 6.45) is 4.24. The summed E-state index contributed by atoms with van der Waals surface area (Å²) in [5, 5.41) is 4.08. The number of imidazole rings is 1. The standard InChI is InChI=1S/C19H25ClN4O.2ClH/c1-14(2)19-22-8-10-23(19)9-6-18(25)24-11-7-21-13-17(24)15-4-3-5-16(20)12-15;;/h3-5,8,10,12,14,17,21H,6-7,9,11,13H2,1-2H3;2*1H. The Morgan fingerprint density at radius 3 is 2.85 bits per heavy atom. The third kappa shape index (κ3) is 5.85. The molecule has 0 aliphatic carbocycles. The van der Waals surface area contributed by atoms with E-state index in [1.54, 1.807) is 6.20 Å². The number of carbonyl (C=O) groups excluding carboxylic acids is 1. The average Bonchev–Trinajstić information content (AvgIpc) is 3.08. The van der Waals surface area contributed by atoms with E-state index in [0.717, 1.165) is 31.0 Å². The van der Waals surface area contributed by atoms with Crippen LogP contribution in [-0.2, 0) is 11.3 Å². The fraction of sp³-hybridized carbons (Fsp3) is 0.474. The minimum absolute atomic E-state index is 0. The highest BCUT2D eigenvalue weighted by Crippen LogP contribution is 2.25. The normalized spacial score (nSPS) is 16.6. The fourth-order valence-corrected chi connectivity index (χ4v) is 3.58. The third-order valence-electron chi connectivity index (χ3n) is 4.63. The molecule has 0 spiro atoms. The van der Waals surface area contributed by atoms with Gasteiger partial charge in [-0.15, -0.1) is 24.8 Å². The van der Waals surface area contributed by atoms with Crippen LogP contribution in [0.15, 0.2) is 36.7 Å². The van der Waals surface area contributed by atoms with E-state index in [2.05, 4.69) is 28.7 Å². The van der Waals surface area contributed by atoms with Crippen molar-refractivity contribution < 1.29 is 4.79 Å². The minimum atomic E-state index is 0. The zero-order valence-electron chi connectivity index (χ0n) is 15.6. The van der Waals surface area contributed by atoms with Crippen molar-refractivity contribution in [1.29, 1.82) is 0 Å². The number of nitrogens with zero attached hydrogens (tertiary/aromatic N) is 3. The van der Waals surface area contributed by atoms with Crippen LogP contribution in [0.4, 0.5) is 0 Å². The van der Waals surface area contributed by atoms with Crippen LogP contribution in [0.3, 0.4) is 0 Å². The van der Waals surface area contributed by atoms with Crippen molar-refractivity contribution in [3.8, 4) is 0 Å². The molecule has 1 aliphatic rings. The zero-order chi connectivity index (χ0) is 17.8. The van der Waals surface area contributed by atoms with Crippen LogP contribution in [0.2, 0.25) is 5.02 Å². The Morgan fingerprint density at radius 1 is 1.37 bits per heavy atom. The van der Waals surface area contributed by atoms with Crippen molar-refractivity contribution in [2.75, 3.05) is 19.6 Å². The quantitative estimate of drug-likeness (QED) is 0.773. The van der Waals surface area contributed by atoms with Gasteiger partial charge >= 0.3 is 0 Å². The van der Waals surface area contributed by atoms with Crippen LogP contribution in [0.1, 0.15) is 43.6 Å². The molecule has 5 nitrogen and oxygen atoms in total. The molecule has 0 saturated carbocycles. The van der Waals surface area contributed by atoms with Gasteiger partial charge in [-0.1, -0.05) is 37.6 Å². The van der Waals surface area contributed by atoms with E-state index in [1.807, 2.05) is 35.4 Å². The van der Waals surface area contributed by atoms with Gasteiger partial charge in [0.2, 0.25) is 5.91 Å². The second-order valence-electron chi connectivity index (χ2n) is 6.75. The van der Waals surface area contributed by atoms with Crippen molar-refractivity contribution in [2.45, 2.75) is 38.8 Å². The molecule has 1 unspecified atom stereocenters. The summed E-state index contributed by atoms with van der Waals surface area (Å²) < 4.78 is 2.08. The van der Waals surface area contributed by atoms with E-state index in [4.69, 9.17) is 11.6 Å². The largest absolute Gasteiger partial charge is 0.334 e. The van der Waals surface area contributed by atoms with E-state index < -0.39 is 0 Å². The molecule has 3 rings (SSSR count). The van der Waals surface area contributed by atoms with Crippen LogP contribution in [0.5, 0.6) is 0 Å². The molecule has 1 amide bonds. The molecule has 1 N–H and O–H groups in total. The molecule has 1 fully saturated rings. The van der Waals surface area contributed by atoms with E-state index in [0.29, 0.717) is 23.9 Å². The maximum atomic E-state index is 12.9. The minimum Gasteiger partial charge on any atom is -0.334 e. The zero-order valence-corrected chi connectivity index (χ0v) is 18.0. The number of amides is 1. The highest BCUT2D eigenvalue weighted by molar-refractivity contribution is 6.30. The van der Waals surface area contributed by atoms with Gasteiger partial charge in [0.1, 0.15) is 5.82 Å². The number of nitrogens with one attached hydrogen (secondary N) is 1. The number of aryl methyl sites for hydroxylation is 1. The second kappa shape index (κ2) is 10.9. The van der Waals surface area contributed by atoms with Crippen molar-refractivity contribution >= 4 is 42.3 Å². The van der Waals surface area contributed by atoms with Crippen molar-refractivity contribution in [1.82, 2.24) is 19.8 Å². The second-order valence-corrected chi connectivity index (χ2v) is 7.18. The van der Waals surface area contributed by atoms with Crippen LogP contribution >= 0.6 is 36.4 Å². The number of rotatable bonds is 5. The summed E-state index contributed by atoms with van der Waals surface area (Å²) in [7, 11) is 0. The fourth-order valence-electron chi connectivity index (χ4n) is 3.38. The number of halogens is 3. The summed E-state index contributed by atoms with van der Waals surface area (Å²) in [4.78, 5) is 19.2. The number of carbonyl (C=O) groups is 1. The first-order valence-corrected chi connectivity index (χ1v) is 9.20. The van der Waals surface area contributed by atoms with E-state index >= 15 is 0 Å². The first kappa shape index (κ1) is 23.8. The monoisotopic (exact) mass is 432 g/mol. The van der Waals surface area contributed by atoms with Crippen LogP contribution in [-0.4, -0.2) is 40.0 Å². The third-order valence-corrected chi connectivity index (χ3v) is 4.86. The average molecular weight is 434 g/mol. The first-order chi connectivity index (χ1) is 12.1. The summed E-state index contributed by atoms with van der Waals surface area (Å²) in [6, 6.07) is 7.82. The Balaban J connectivity index is 0.00000182. The van der Waals surface area contributed by atoms with Crippen molar-refractivity contribution in [3.63, 3.8) is 0 Å². The Kier molecular flexibility index (Phi) is 9.60. The molecule has 8 heteroatoms. The van der Waals surface area contributed by atoms with Gasteiger partial charge in [0.15, 0.2) is 0 Å². The molecule has 0 bridgehead atoms. The van der Waals surface area contributed by atoms with Gasteiger partial charge in [-0.3, -0.25) is 4.79 Å². The van der Waals surface area contributed by atoms with E-state index in [-0.39, 0.29) is 36.8 Å². The summed E-state index contributed by atoms with van der Waals surface area (Å²) in [5.41, 5.74) is 1.08. The highest BCUT2D eigenvalue weighted by Gasteiger charge is 2.27. The Labute approximate surface area is 178 Å². The molecule has 1 aromatic carbocycles. The smallest absolute Gasteiger partial charge is 0.224 e. The lowest BCUT2D eigenvalue weighted by molar-refractivity contribution is -0.134.